The Bertz CT molecular complexity index is 309. The third-order valence-corrected chi connectivity index (χ3v) is 2.17. The van der Waals surface area contributed by atoms with Gasteiger partial charge >= 0.3 is 6.18 Å². The number of halogens is 4. The first-order valence-corrected chi connectivity index (χ1v) is 4.14. The second kappa shape index (κ2) is 3.57. The van der Waals surface area contributed by atoms with Gasteiger partial charge in [0.2, 0.25) is 0 Å². The molecule has 0 aromatic heterocycles. The van der Waals surface area contributed by atoms with Gasteiger partial charge in [-0.2, -0.15) is 13.2 Å². The number of hydrogen-bond donors (Lipinski definition) is 1. The zero-order valence-electron chi connectivity index (χ0n) is 6.45. The molecule has 1 aromatic rings. The molecule has 71 valence electrons. The smallest absolute Gasteiger partial charge is 0.383 e. The number of hydrogen-bond acceptors (Lipinski definition) is 1. The molecule has 0 spiro atoms. The standard InChI is InChI=1S/C8H6BrF3N/c1-13-5-2-3-7(9)6(4-5)8(10,11)12/h2-4,13H,1H2. The van der Waals surface area contributed by atoms with Crippen molar-refractivity contribution in [2.45, 2.75) is 6.18 Å². The van der Waals surface area contributed by atoms with Crippen LogP contribution in [0.5, 0.6) is 0 Å². The largest absolute Gasteiger partial charge is 0.417 e. The van der Waals surface area contributed by atoms with E-state index in [0.717, 1.165) is 6.07 Å². The topological polar surface area (TPSA) is 12.0 Å². The fraction of sp³-hybridized carbons (Fsp3) is 0.125. The Hall–Kier alpha value is -0.710. The molecule has 0 amide bonds. The van der Waals surface area contributed by atoms with Crippen molar-refractivity contribution >= 4 is 21.6 Å². The molecule has 0 aliphatic heterocycles. The lowest BCUT2D eigenvalue weighted by atomic mass is 10.2. The van der Waals surface area contributed by atoms with Crippen LogP contribution in [0.4, 0.5) is 18.9 Å². The van der Waals surface area contributed by atoms with Gasteiger partial charge in [-0.15, -0.1) is 0 Å². The van der Waals surface area contributed by atoms with Gasteiger partial charge in [0.1, 0.15) is 0 Å². The molecule has 1 nitrogen and oxygen atoms in total. The van der Waals surface area contributed by atoms with Gasteiger partial charge in [-0.05, 0) is 18.2 Å². The SMILES string of the molecule is [CH2]Nc1ccc(Br)c(C(F)(F)F)c1. The molecule has 13 heavy (non-hydrogen) atoms. The van der Waals surface area contributed by atoms with Crippen molar-refractivity contribution in [1.82, 2.24) is 0 Å². The molecular weight excluding hydrogens is 247 g/mol. The third-order valence-electron chi connectivity index (χ3n) is 1.48. The van der Waals surface area contributed by atoms with Crippen molar-refractivity contribution in [3.63, 3.8) is 0 Å². The average molecular weight is 253 g/mol. The Balaban J connectivity index is 3.19. The van der Waals surface area contributed by atoms with Crippen molar-refractivity contribution in [1.29, 1.82) is 0 Å². The second-order valence-electron chi connectivity index (χ2n) is 2.37. The minimum absolute atomic E-state index is 0.0269. The summed E-state index contributed by atoms with van der Waals surface area (Å²) < 4.78 is 36.9. The van der Waals surface area contributed by atoms with E-state index in [1.165, 1.54) is 12.1 Å². The van der Waals surface area contributed by atoms with Crippen LogP contribution in [0.25, 0.3) is 0 Å². The fourth-order valence-electron chi connectivity index (χ4n) is 0.852. The molecule has 0 bridgehead atoms. The summed E-state index contributed by atoms with van der Waals surface area (Å²) in [5.41, 5.74) is -0.378. The summed E-state index contributed by atoms with van der Waals surface area (Å²) in [6.45, 7) is 0. The Labute approximate surface area is 82.1 Å². The van der Waals surface area contributed by atoms with Crippen LogP contribution in [-0.2, 0) is 6.18 Å². The van der Waals surface area contributed by atoms with E-state index < -0.39 is 11.7 Å². The van der Waals surface area contributed by atoms with Crippen LogP contribution in [0.1, 0.15) is 5.56 Å². The molecule has 0 aliphatic carbocycles. The summed E-state index contributed by atoms with van der Waals surface area (Å²) in [5, 5.41) is 2.40. The maximum atomic E-state index is 12.3. The number of alkyl halides is 3. The maximum Gasteiger partial charge on any atom is 0.417 e. The highest BCUT2D eigenvalue weighted by Gasteiger charge is 2.32. The van der Waals surface area contributed by atoms with Gasteiger partial charge in [0.15, 0.2) is 0 Å². The average Bonchev–Trinajstić information content (AvgIpc) is 2.03. The number of rotatable bonds is 1. The third kappa shape index (κ3) is 2.37. The van der Waals surface area contributed by atoms with E-state index in [-0.39, 0.29) is 4.47 Å². The van der Waals surface area contributed by atoms with Gasteiger partial charge in [-0.25, -0.2) is 0 Å². The predicted molar refractivity (Wildman–Crippen MR) is 48.1 cm³/mol. The van der Waals surface area contributed by atoms with E-state index in [4.69, 9.17) is 0 Å². The molecule has 0 heterocycles. The molecule has 0 aliphatic rings. The van der Waals surface area contributed by atoms with Crippen LogP contribution < -0.4 is 5.32 Å². The van der Waals surface area contributed by atoms with E-state index in [1.807, 2.05) is 0 Å². The molecule has 0 atom stereocenters. The second-order valence-corrected chi connectivity index (χ2v) is 3.22. The zero-order chi connectivity index (χ0) is 10.1. The minimum atomic E-state index is -4.34. The van der Waals surface area contributed by atoms with E-state index in [9.17, 15) is 13.2 Å². The summed E-state index contributed by atoms with van der Waals surface area (Å²) in [6, 6.07) is 3.83. The molecule has 1 rings (SSSR count). The molecule has 0 fully saturated rings. The van der Waals surface area contributed by atoms with Gasteiger partial charge in [0, 0.05) is 17.2 Å². The van der Waals surface area contributed by atoms with Crippen molar-refractivity contribution in [3.05, 3.63) is 35.3 Å². The van der Waals surface area contributed by atoms with Gasteiger partial charge in [0.05, 0.1) is 5.56 Å². The van der Waals surface area contributed by atoms with Gasteiger partial charge in [0.25, 0.3) is 0 Å². The lowest BCUT2D eigenvalue weighted by molar-refractivity contribution is -0.138. The summed E-state index contributed by atoms with van der Waals surface area (Å²) in [7, 11) is 3.28. The molecular formula is C8H6BrF3N. The van der Waals surface area contributed by atoms with Crippen molar-refractivity contribution in [3.8, 4) is 0 Å². The van der Waals surface area contributed by atoms with Gasteiger partial charge in [-0.3, -0.25) is 0 Å². The minimum Gasteiger partial charge on any atom is -0.383 e. The van der Waals surface area contributed by atoms with Crippen LogP contribution in [0.2, 0.25) is 0 Å². The van der Waals surface area contributed by atoms with Crippen molar-refractivity contribution in [2.24, 2.45) is 0 Å². The normalized spacial score (nSPS) is 11.5. The first-order valence-electron chi connectivity index (χ1n) is 3.35. The van der Waals surface area contributed by atoms with E-state index >= 15 is 0 Å². The maximum absolute atomic E-state index is 12.3. The first-order chi connectivity index (χ1) is 5.95. The Morgan fingerprint density at radius 2 is 1.92 bits per heavy atom. The summed E-state index contributed by atoms with van der Waals surface area (Å²) in [5.74, 6) is 0. The summed E-state index contributed by atoms with van der Waals surface area (Å²) >= 11 is 2.83. The molecule has 0 saturated heterocycles. The van der Waals surface area contributed by atoms with Crippen LogP contribution >= 0.6 is 15.9 Å². The fourth-order valence-corrected chi connectivity index (χ4v) is 1.32. The molecule has 5 heteroatoms. The molecule has 0 unspecified atom stereocenters. The highest BCUT2D eigenvalue weighted by molar-refractivity contribution is 9.10. The summed E-state index contributed by atoms with van der Waals surface area (Å²) in [4.78, 5) is 0. The lowest BCUT2D eigenvalue weighted by Crippen LogP contribution is -2.06. The van der Waals surface area contributed by atoms with Crippen LogP contribution in [0, 0.1) is 7.05 Å². The highest BCUT2D eigenvalue weighted by Crippen LogP contribution is 2.36. The quantitative estimate of drug-likeness (QED) is 0.805. The summed E-state index contributed by atoms with van der Waals surface area (Å²) in [6.07, 6.45) is -4.34. The van der Waals surface area contributed by atoms with Crippen molar-refractivity contribution < 1.29 is 13.2 Å². The molecule has 1 aromatic carbocycles. The van der Waals surface area contributed by atoms with Gasteiger partial charge < -0.3 is 5.32 Å². The highest BCUT2D eigenvalue weighted by atomic mass is 79.9. The lowest BCUT2D eigenvalue weighted by Gasteiger charge is -2.10. The number of nitrogens with one attached hydrogen (secondary N) is 1. The first kappa shape index (κ1) is 10.4. The molecule has 1 N–H and O–H groups in total. The Kier molecular flexibility index (Phi) is 2.85. The van der Waals surface area contributed by atoms with Crippen LogP contribution in [0.15, 0.2) is 22.7 Å². The predicted octanol–water partition coefficient (Wildman–Crippen LogP) is 3.67. The monoisotopic (exact) mass is 252 g/mol. The van der Waals surface area contributed by atoms with E-state index in [1.54, 1.807) is 0 Å². The number of anilines is 1. The Morgan fingerprint density at radius 1 is 1.31 bits per heavy atom. The van der Waals surface area contributed by atoms with Gasteiger partial charge in [-0.1, -0.05) is 15.9 Å². The van der Waals surface area contributed by atoms with E-state index in [0.29, 0.717) is 5.69 Å². The molecule has 1 radical (unpaired) electrons. The van der Waals surface area contributed by atoms with Crippen LogP contribution in [0.3, 0.4) is 0 Å². The number of benzene rings is 1. The van der Waals surface area contributed by atoms with E-state index in [2.05, 4.69) is 28.3 Å². The van der Waals surface area contributed by atoms with Crippen molar-refractivity contribution in [2.75, 3.05) is 5.32 Å². The molecule has 0 saturated carbocycles. The zero-order valence-corrected chi connectivity index (χ0v) is 8.04. The van der Waals surface area contributed by atoms with Crippen LogP contribution in [-0.4, -0.2) is 0 Å². The Morgan fingerprint density at radius 3 is 2.38 bits per heavy atom.